The largest absolute Gasteiger partial charge is 0.493 e. The molecule has 1 rings (SSSR count). The van der Waals surface area contributed by atoms with Crippen LogP contribution in [-0.4, -0.2) is 31.8 Å². The SMILES string of the molecule is COc1cc(CNC(C)C)cc(Br)c1OCCSC. The average molecular weight is 348 g/mol. The molecule has 19 heavy (non-hydrogen) atoms. The van der Waals surface area contributed by atoms with Gasteiger partial charge < -0.3 is 14.8 Å². The van der Waals surface area contributed by atoms with Crippen molar-refractivity contribution < 1.29 is 9.47 Å². The Kier molecular flexibility index (Phi) is 7.64. The van der Waals surface area contributed by atoms with Crippen molar-refractivity contribution in [1.29, 1.82) is 0 Å². The van der Waals surface area contributed by atoms with Crippen LogP contribution in [-0.2, 0) is 6.54 Å². The van der Waals surface area contributed by atoms with Gasteiger partial charge in [-0.2, -0.15) is 11.8 Å². The Morgan fingerprint density at radius 1 is 1.37 bits per heavy atom. The highest BCUT2D eigenvalue weighted by Gasteiger charge is 2.11. The Morgan fingerprint density at radius 2 is 2.11 bits per heavy atom. The van der Waals surface area contributed by atoms with Gasteiger partial charge in [0, 0.05) is 18.3 Å². The fraction of sp³-hybridized carbons (Fsp3) is 0.571. The third-order valence-corrected chi connectivity index (χ3v) is 3.70. The fourth-order valence-corrected chi connectivity index (χ4v) is 2.42. The van der Waals surface area contributed by atoms with E-state index in [0.29, 0.717) is 12.6 Å². The van der Waals surface area contributed by atoms with Gasteiger partial charge in [-0.15, -0.1) is 0 Å². The van der Waals surface area contributed by atoms with Crippen molar-refractivity contribution in [2.45, 2.75) is 26.4 Å². The molecule has 0 aromatic heterocycles. The van der Waals surface area contributed by atoms with Crippen LogP contribution < -0.4 is 14.8 Å². The lowest BCUT2D eigenvalue weighted by molar-refractivity contribution is 0.311. The lowest BCUT2D eigenvalue weighted by Crippen LogP contribution is -2.21. The van der Waals surface area contributed by atoms with Gasteiger partial charge in [0.15, 0.2) is 11.5 Å². The average Bonchev–Trinajstić information content (AvgIpc) is 2.38. The summed E-state index contributed by atoms with van der Waals surface area (Å²) in [6, 6.07) is 4.56. The van der Waals surface area contributed by atoms with E-state index in [1.165, 1.54) is 5.56 Å². The van der Waals surface area contributed by atoms with E-state index >= 15 is 0 Å². The van der Waals surface area contributed by atoms with Crippen molar-refractivity contribution in [3.63, 3.8) is 0 Å². The normalized spacial score (nSPS) is 10.8. The first kappa shape index (κ1) is 16.7. The second-order valence-electron chi connectivity index (χ2n) is 4.49. The lowest BCUT2D eigenvalue weighted by atomic mass is 10.2. The first-order valence-electron chi connectivity index (χ1n) is 6.30. The quantitative estimate of drug-likeness (QED) is 0.726. The predicted octanol–water partition coefficient (Wildman–Crippen LogP) is 3.70. The third-order valence-electron chi connectivity index (χ3n) is 2.54. The van der Waals surface area contributed by atoms with Crippen LogP contribution in [0.4, 0.5) is 0 Å². The zero-order valence-electron chi connectivity index (χ0n) is 12.0. The highest BCUT2D eigenvalue weighted by Crippen LogP contribution is 2.36. The summed E-state index contributed by atoms with van der Waals surface area (Å²) in [6.45, 7) is 5.76. The molecule has 1 aromatic carbocycles. The van der Waals surface area contributed by atoms with Crippen molar-refractivity contribution in [3.05, 3.63) is 22.2 Å². The minimum absolute atomic E-state index is 0.460. The molecule has 3 nitrogen and oxygen atoms in total. The molecule has 0 amide bonds. The summed E-state index contributed by atoms with van der Waals surface area (Å²) < 4.78 is 12.1. The third kappa shape index (κ3) is 5.63. The van der Waals surface area contributed by atoms with Crippen LogP contribution >= 0.6 is 27.7 Å². The molecule has 0 aliphatic heterocycles. The Bertz CT molecular complexity index is 399. The van der Waals surface area contributed by atoms with Crippen molar-refractivity contribution in [3.8, 4) is 11.5 Å². The van der Waals surface area contributed by atoms with Gasteiger partial charge >= 0.3 is 0 Å². The smallest absolute Gasteiger partial charge is 0.175 e. The van der Waals surface area contributed by atoms with Crippen LogP contribution in [0, 0.1) is 0 Å². The Balaban J connectivity index is 2.81. The summed E-state index contributed by atoms with van der Waals surface area (Å²) >= 11 is 5.32. The van der Waals surface area contributed by atoms with Gasteiger partial charge in [-0.05, 0) is 39.9 Å². The summed E-state index contributed by atoms with van der Waals surface area (Å²) in [5.41, 5.74) is 1.18. The maximum absolute atomic E-state index is 5.77. The van der Waals surface area contributed by atoms with Crippen molar-refractivity contribution in [2.75, 3.05) is 25.7 Å². The number of hydrogen-bond acceptors (Lipinski definition) is 4. The van der Waals surface area contributed by atoms with E-state index in [4.69, 9.17) is 9.47 Å². The molecule has 108 valence electrons. The van der Waals surface area contributed by atoms with Crippen LogP contribution in [0.5, 0.6) is 11.5 Å². The monoisotopic (exact) mass is 347 g/mol. The van der Waals surface area contributed by atoms with E-state index in [1.807, 2.05) is 6.07 Å². The van der Waals surface area contributed by atoms with E-state index in [0.717, 1.165) is 28.3 Å². The number of thioether (sulfide) groups is 1. The standard InChI is InChI=1S/C14H22BrNO2S/c1-10(2)16-9-11-7-12(15)14(13(8-11)17-3)18-5-6-19-4/h7-8,10,16H,5-6,9H2,1-4H3. The van der Waals surface area contributed by atoms with Crippen LogP contribution in [0.15, 0.2) is 16.6 Å². The Morgan fingerprint density at radius 3 is 2.68 bits per heavy atom. The maximum Gasteiger partial charge on any atom is 0.175 e. The molecule has 0 atom stereocenters. The molecule has 1 N–H and O–H groups in total. The molecular weight excluding hydrogens is 326 g/mol. The number of halogens is 1. The summed E-state index contributed by atoms with van der Waals surface area (Å²) in [4.78, 5) is 0. The van der Waals surface area contributed by atoms with Gasteiger partial charge in [0.2, 0.25) is 0 Å². The summed E-state index contributed by atoms with van der Waals surface area (Å²) in [6.07, 6.45) is 2.07. The minimum Gasteiger partial charge on any atom is -0.493 e. The minimum atomic E-state index is 0.460. The highest BCUT2D eigenvalue weighted by atomic mass is 79.9. The Hall–Kier alpha value is -0.390. The molecule has 0 spiro atoms. The summed E-state index contributed by atoms with van der Waals surface area (Å²) in [5, 5.41) is 3.39. The molecule has 1 aromatic rings. The molecule has 0 fully saturated rings. The van der Waals surface area contributed by atoms with E-state index in [1.54, 1.807) is 18.9 Å². The summed E-state index contributed by atoms with van der Waals surface area (Å²) in [5.74, 6) is 2.52. The fourth-order valence-electron chi connectivity index (χ4n) is 1.56. The van der Waals surface area contributed by atoms with Gasteiger partial charge in [-0.3, -0.25) is 0 Å². The van der Waals surface area contributed by atoms with Crippen LogP contribution in [0.25, 0.3) is 0 Å². The van der Waals surface area contributed by atoms with E-state index in [-0.39, 0.29) is 0 Å². The number of hydrogen-bond donors (Lipinski definition) is 1. The number of nitrogens with one attached hydrogen (secondary N) is 1. The van der Waals surface area contributed by atoms with Crippen molar-refractivity contribution in [2.24, 2.45) is 0 Å². The first-order chi connectivity index (χ1) is 9.08. The summed E-state index contributed by atoms with van der Waals surface area (Å²) in [7, 11) is 1.67. The molecule has 0 saturated heterocycles. The second-order valence-corrected chi connectivity index (χ2v) is 6.33. The maximum atomic E-state index is 5.77. The number of benzene rings is 1. The van der Waals surface area contributed by atoms with Crippen LogP contribution in [0.2, 0.25) is 0 Å². The zero-order chi connectivity index (χ0) is 14.3. The van der Waals surface area contributed by atoms with Crippen LogP contribution in [0.3, 0.4) is 0 Å². The van der Waals surface area contributed by atoms with E-state index in [2.05, 4.69) is 47.4 Å². The topological polar surface area (TPSA) is 30.5 Å². The predicted molar refractivity (Wildman–Crippen MR) is 86.5 cm³/mol. The van der Waals surface area contributed by atoms with Gasteiger partial charge in [-0.25, -0.2) is 0 Å². The van der Waals surface area contributed by atoms with Gasteiger partial charge in [-0.1, -0.05) is 13.8 Å². The lowest BCUT2D eigenvalue weighted by Gasteiger charge is -2.15. The number of rotatable bonds is 8. The van der Waals surface area contributed by atoms with Crippen molar-refractivity contribution in [1.82, 2.24) is 5.32 Å². The number of methoxy groups -OCH3 is 1. The van der Waals surface area contributed by atoms with Gasteiger partial charge in [0.1, 0.15) is 0 Å². The van der Waals surface area contributed by atoms with Gasteiger partial charge in [0.05, 0.1) is 18.2 Å². The molecule has 0 heterocycles. The zero-order valence-corrected chi connectivity index (χ0v) is 14.4. The first-order valence-corrected chi connectivity index (χ1v) is 8.48. The van der Waals surface area contributed by atoms with E-state index in [9.17, 15) is 0 Å². The van der Waals surface area contributed by atoms with Crippen LogP contribution in [0.1, 0.15) is 19.4 Å². The molecular formula is C14H22BrNO2S. The van der Waals surface area contributed by atoms with E-state index < -0.39 is 0 Å². The van der Waals surface area contributed by atoms with Crippen molar-refractivity contribution >= 4 is 27.7 Å². The molecule has 0 unspecified atom stereocenters. The second kappa shape index (κ2) is 8.72. The molecule has 0 radical (unpaired) electrons. The molecule has 0 bridgehead atoms. The molecule has 5 heteroatoms. The van der Waals surface area contributed by atoms with Gasteiger partial charge in [0.25, 0.3) is 0 Å². The number of ether oxygens (including phenoxy) is 2. The molecule has 0 aliphatic carbocycles. The highest BCUT2D eigenvalue weighted by molar-refractivity contribution is 9.10. The molecule has 0 aliphatic rings. The Labute approximate surface area is 128 Å². The molecule has 0 saturated carbocycles.